The minimum Gasteiger partial charge on any atom is -0.372 e. The van der Waals surface area contributed by atoms with Crippen LogP contribution in [0, 0.1) is 5.82 Å². The van der Waals surface area contributed by atoms with Crippen molar-refractivity contribution >= 4 is 33.2 Å². The number of nitrogens with one attached hydrogen (secondary N) is 2. The van der Waals surface area contributed by atoms with E-state index < -0.39 is 27.7 Å². The molecular weight excluding hydrogens is 413 g/mol. The number of rotatable bonds is 4. The number of imide groups is 1. The Morgan fingerprint density at radius 3 is 2.37 bits per heavy atom. The normalized spacial score (nSPS) is 21.4. The van der Waals surface area contributed by atoms with E-state index in [1.807, 2.05) is 18.7 Å². The standard InChI is InChI=1S/C20H20FN3O5S/c1-11-9-24(10-12(2)29-11)18-6-3-13(7-17(18)21)23-30(27,28)14-4-5-15-16(8-14)20(26)22-19(15)25/h3-8,11-12,23H,9-10H2,1-2H3,(H,22,25,26). The molecule has 2 amide bonds. The molecule has 30 heavy (non-hydrogen) atoms. The average Bonchev–Trinajstić information content (AvgIpc) is 2.94. The highest BCUT2D eigenvalue weighted by Crippen LogP contribution is 2.28. The van der Waals surface area contributed by atoms with E-state index >= 15 is 0 Å². The molecule has 2 aliphatic heterocycles. The number of carbonyl (C=O) groups excluding carboxylic acids is 2. The van der Waals surface area contributed by atoms with Crippen molar-refractivity contribution in [1.82, 2.24) is 5.32 Å². The molecule has 2 aromatic carbocycles. The maximum absolute atomic E-state index is 14.7. The van der Waals surface area contributed by atoms with Gasteiger partial charge in [0.2, 0.25) is 0 Å². The number of carbonyl (C=O) groups is 2. The fraction of sp³-hybridized carbons (Fsp3) is 0.300. The highest BCUT2D eigenvalue weighted by molar-refractivity contribution is 7.92. The molecule has 10 heteroatoms. The van der Waals surface area contributed by atoms with Gasteiger partial charge in [-0.05, 0) is 44.2 Å². The molecule has 8 nitrogen and oxygen atoms in total. The van der Waals surface area contributed by atoms with Gasteiger partial charge in [0.15, 0.2) is 0 Å². The Morgan fingerprint density at radius 1 is 1.03 bits per heavy atom. The Balaban J connectivity index is 1.57. The predicted octanol–water partition coefficient (Wildman–Crippen LogP) is 2.12. The molecule has 0 spiro atoms. The van der Waals surface area contributed by atoms with E-state index in [1.165, 1.54) is 24.3 Å². The van der Waals surface area contributed by atoms with Crippen LogP contribution in [0.3, 0.4) is 0 Å². The van der Waals surface area contributed by atoms with Crippen molar-refractivity contribution < 1.29 is 27.1 Å². The minimum atomic E-state index is -4.09. The van der Waals surface area contributed by atoms with Crippen LogP contribution in [-0.2, 0) is 14.8 Å². The summed E-state index contributed by atoms with van der Waals surface area (Å²) >= 11 is 0. The first-order chi connectivity index (χ1) is 14.1. The van der Waals surface area contributed by atoms with Crippen LogP contribution in [0.2, 0.25) is 0 Å². The number of hydrogen-bond acceptors (Lipinski definition) is 6. The van der Waals surface area contributed by atoms with Gasteiger partial charge in [0.05, 0.1) is 39.6 Å². The van der Waals surface area contributed by atoms with E-state index in [-0.39, 0.29) is 33.9 Å². The Kier molecular flexibility index (Phi) is 4.99. The largest absolute Gasteiger partial charge is 0.372 e. The molecule has 0 bridgehead atoms. The summed E-state index contributed by atoms with van der Waals surface area (Å²) in [6.07, 6.45) is -0.0922. The first-order valence-corrected chi connectivity index (χ1v) is 10.8. The second-order valence-electron chi connectivity index (χ2n) is 7.42. The number of morpholine rings is 1. The molecule has 4 rings (SSSR count). The lowest BCUT2D eigenvalue weighted by Gasteiger charge is -2.37. The van der Waals surface area contributed by atoms with Crippen molar-refractivity contribution in [2.24, 2.45) is 0 Å². The number of halogens is 1. The maximum atomic E-state index is 14.7. The van der Waals surface area contributed by atoms with Crippen LogP contribution in [0.5, 0.6) is 0 Å². The lowest BCUT2D eigenvalue weighted by atomic mass is 10.1. The summed E-state index contributed by atoms with van der Waals surface area (Å²) in [6, 6.07) is 7.73. The zero-order valence-electron chi connectivity index (χ0n) is 16.3. The van der Waals surface area contributed by atoms with E-state index in [4.69, 9.17) is 4.74 Å². The fourth-order valence-corrected chi connectivity index (χ4v) is 4.80. The van der Waals surface area contributed by atoms with Crippen LogP contribution in [-0.4, -0.2) is 45.5 Å². The lowest BCUT2D eigenvalue weighted by Crippen LogP contribution is -2.45. The zero-order valence-corrected chi connectivity index (χ0v) is 17.1. The number of benzene rings is 2. The second kappa shape index (κ2) is 7.37. The molecule has 0 radical (unpaired) electrons. The van der Waals surface area contributed by atoms with Gasteiger partial charge in [-0.15, -0.1) is 0 Å². The molecule has 2 heterocycles. The summed E-state index contributed by atoms with van der Waals surface area (Å²) < 4.78 is 48.1. The van der Waals surface area contributed by atoms with E-state index in [9.17, 15) is 22.4 Å². The third kappa shape index (κ3) is 3.75. The van der Waals surface area contributed by atoms with Crippen molar-refractivity contribution in [3.63, 3.8) is 0 Å². The van der Waals surface area contributed by atoms with Crippen LogP contribution in [0.4, 0.5) is 15.8 Å². The van der Waals surface area contributed by atoms with Crippen molar-refractivity contribution in [3.05, 3.63) is 53.3 Å². The Bertz CT molecular complexity index is 1140. The number of amides is 2. The Hall–Kier alpha value is -2.98. The molecule has 2 atom stereocenters. The van der Waals surface area contributed by atoms with Gasteiger partial charge in [0, 0.05) is 19.2 Å². The minimum absolute atomic E-state index is 0.0139. The second-order valence-corrected chi connectivity index (χ2v) is 9.11. The Labute approximate surface area is 173 Å². The third-order valence-electron chi connectivity index (χ3n) is 4.98. The molecule has 0 aliphatic carbocycles. The topological polar surface area (TPSA) is 105 Å². The summed E-state index contributed by atoms with van der Waals surface area (Å²) in [5.41, 5.74) is 0.516. The summed E-state index contributed by atoms with van der Waals surface area (Å²) in [5.74, 6) is -1.79. The van der Waals surface area contributed by atoms with Crippen LogP contribution in [0.15, 0.2) is 41.3 Å². The SMILES string of the molecule is CC1CN(c2ccc(NS(=O)(=O)c3ccc4c(c3)C(=O)NC4=O)cc2F)CC(C)O1. The molecule has 2 aliphatic rings. The lowest BCUT2D eigenvalue weighted by molar-refractivity contribution is -0.00539. The summed E-state index contributed by atoms with van der Waals surface area (Å²) in [7, 11) is -4.09. The number of hydrogen-bond donors (Lipinski definition) is 2. The van der Waals surface area contributed by atoms with Gasteiger partial charge in [-0.2, -0.15) is 0 Å². The third-order valence-corrected chi connectivity index (χ3v) is 6.36. The molecule has 0 saturated carbocycles. The molecule has 2 unspecified atom stereocenters. The molecule has 1 saturated heterocycles. The number of ether oxygens (including phenoxy) is 1. The van der Waals surface area contributed by atoms with Crippen LogP contribution >= 0.6 is 0 Å². The number of nitrogens with zero attached hydrogens (tertiary/aromatic N) is 1. The van der Waals surface area contributed by atoms with E-state index in [1.54, 1.807) is 0 Å². The number of anilines is 2. The first kappa shape index (κ1) is 20.3. The van der Waals surface area contributed by atoms with Gasteiger partial charge in [-0.25, -0.2) is 12.8 Å². The number of sulfonamides is 1. The van der Waals surface area contributed by atoms with Gasteiger partial charge < -0.3 is 9.64 Å². The molecule has 158 valence electrons. The van der Waals surface area contributed by atoms with Crippen molar-refractivity contribution in [3.8, 4) is 0 Å². The van der Waals surface area contributed by atoms with Gasteiger partial charge in [-0.3, -0.25) is 19.6 Å². The predicted molar refractivity (Wildman–Crippen MR) is 108 cm³/mol. The maximum Gasteiger partial charge on any atom is 0.261 e. The van der Waals surface area contributed by atoms with Crippen molar-refractivity contribution in [2.45, 2.75) is 31.0 Å². The highest BCUT2D eigenvalue weighted by Gasteiger charge is 2.29. The average molecular weight is 433 g/mol. The van der Waals surface area contributed by atoms with Crippen LogP contribution < -0.4 is 14.9 Å². The molecule has 0 aromatic heterocycles. The summed E-state index contributed by atoms with van der Waals surface area (Å²) in [5, 5.41) is 2.11. The Morgan fingerprint density at radius 2 is 1.70 bits per heavy atom. The van der Waals surface area contributed by atoms with Gasteiger partial charge in [0.1, 0.15) is 5.82 Å². The van der Waals surface area contributed by atoms with Crippen LogP contribution in [0.25, 0.3) is 0 Å². The van der Waals surface area contributed by atoms with Gasteiger partial charge in [0.25, 0.3) is 21.8 Å². The molecule has 2 aromatic rings. The monoisotopic (exact) mass is 433 g/mol. The van der Waals surface area contributed by atoms with Crippen LogP contribution in [0.1, 0.15) is 34.6 Å². The smallest absolute Gasteiger partial charge is 0.261 e. The number of fused-ring (bicyclic) bond motifs is 1. The summed E-state index contributed by atoms with van der Waals surface area (Å²) in [4.78, 5) is 25.1. The molecule has 2 N–H and O–H groups in total. The first-order valence-electron chi connectivity index (χ1n) is 9.36. The van der Waals surface area contributed by atoms with Gasteiger partial charge >= 0.3 is 0 Å². The van der Waals surface area contributed by atoms with E-state index in [0.29, 0.717) is 18.8 Å². The van der Waals surface area contributed by atoms with E-state index in [2.05, 4.69) is 10.0 Å². The summed E-state index contributed by atoms with van der Waals surface area (Å²) in [6.45, 7) is 4.88. The van der Waals surface area contributed by atoms with Gasteiger partial charge in [-0.1, -0.05) is 0 Å². The molecule has 1 fully saturated rings. The quantitative estimate of drug-likeness (QED) is 0.716. The molecular formula is C20H20FN3O5S. The highest BCUT2D eigenvalue weighted by atomic mass is 32.2. The zero-order chi connectivity index (χ0) is 21.6. The van der Waals surface area contributed by atoms with Crippen molar-refractivity contribution in [1.29, 1.82) is 0 Å². The van der Waals surface area contributed by atoms with Crippen molar-refractivity contribution in [2.75, 3.05) is 22.7 Å². The van der Waals surface area contributed by atoms with E-state index in [0.717, 1.165) is 12.1 Å². The fourth-order valence-electron chi connectivity index (χ4n) is 3.73.